The van der Waals surface area contributed by atoms with Crippen LogP contribution in [-0.2, 0) is 17.5 Å². The molecular weight excluding hydrogens is 361 g/mol. The first-order chi connectivity index (χ1) is 12.9. The molecule has 1 fully saturated rings. The minimum Gasteiger partial charge on any atom is -0.351 e. The number of nitrogens with one attached hydrogen (secondary N) is 2. The lowest BCUT2D eigenvalue weighted by Crippen LogP contribution is -2.41. The van der Waals surface area contributed by atoms with Gasteiger partial charge in [0.1, 0.15) is 12.9 Å². The Labute approximate surface area is 153 Å². The maximum Gasteiger partial charge on any atom is 0.416 e. The van der Waals surface area contributed by atoms with Crippen LogP contribution in [0.25, 0.3) is 0 Å². The number of hydrogen-bond acceptors (Lipinski definition) is 3. The molecule has 9 heteroatoms. The summed E-state index contributed by atoms with van der Waals surface area (Å²) >= 11 is 0. The number of aromatic nitrogens is 3. The molecule has 0 aliphatic heterocycles. The largest absolute Gasteiger partial charge is 0.416 e. The van der Waals surface area contributed by atoms with Crippen molar-refractivity contribution in [1.82, 2.24) is 20.1 Å². The number of amides is 1. The van der Waals surface area contributed by atoms with Crippen LogP contribution in [-0.4, -0.2) is 26.7 Å². The van der Waals surface area contributed by atoms with E-state index in [0.29, 0.717) is 12.8 Å². The van der Waals surface area contributed by atoms with E-state index in [9.17, 15) is 22.8 Å². The van der Waals surface area contributed by atoms with Crippen LogP contribution in [0, 0.1) is 0 Å². The molecule has 0 unspecified atom stereocenters. The van der Waals surface area contributed by atoms with Crippen LogP contribution in [0.1, 0.15) is 49.1 Å². The Bertz CT molecular complexity index is 843. The van der Waals surface area contributed by atoms with E-state index in [-0.39, 0.29) is 12.1 Å². The minimum atomic E-state index is -4.44. The number of rotatable bonds is 4. The minimum absolute atomic E-state index is 0.220. The molecule has 0 bridgehead atoms. The number of H-pyrrole nitrogens is 1. The van der Waals surface area contributed by atoms with Gasteiger partial charge in [-0.25, -0.2) is 9.89 Å². The number of hydrogen-bond donors (Lipinski definition) is 2. The summed E-state index contributed by atoms with van der Waals surface area (Å²) < 4.78 is 41.5. The monoisotopic (exact) mass is 382 g/mol. The molecule has 1 aromatic carbocycles. The molecule has 0 spiro atoms. The Hall–Kier alpha value is -2.58. The van der Waals surface area contributed by atoms with Gasteiger partial charge < -0.3 is 5.32 Å². The van der Waals surface area contributed by atoms with E-state index >= 15 is 0 Å². The number of carbonyl (C=O) groups is 1. The molecule has 3 rings (SSSR count). The number of nitrogens with zero attached hydrogens (tertiary/aromatic N) is 2. The van der Waals surface area contributed by atoms with Crippen molar-refractivity contribution in [3.63, 3.8) is 0 Å². The predicted molar refractivity (Wildman–Crippen MR) is 92.0 cm³/mol. The van der Waals surface area contributed by atoms with Gasteiger partial charge in [0.2, 0.25) is 5.91 Å². The van der Waals surface area contributed by atoms with Crippen LogP contribution in [0.3, 0.4) is 0 Å². The Morgan fingerprint density at radius 1 is 1.22 bits per heavy atom. The first-order valence-corrected chi connectivity index (χ1v) is 8.91. The summed E-state index contributed by atoms with van der Waals surface area (Å²) in [6, 6.07) is 5.15. The zero-order valence-corrected chi connectivity index (χ0v) is 14.6. The van der Waals surface area contributed by atoms with Gasteiger partial charge in [0.15, 0.2) is 0 Å². The van der Waals surface area contributed by atoms with E-state index in [1.807, 2.05) is 0 Å². The predicted octanol–water partition coefficient (Wildman–Crippen LogP) is 2.82. The van der Waals surface area contributed by atoms with Gasteiger partial charge in [-0.3, -0.25) is 9.36 Å². The lowest BCUT2D eigenvalue weighted by Gasteiger charge is -2.29. The quantitative estimate of drug-likeness (QED) is 0.798. The molecule has 1 amide bonds. The van der Waals surface area contributed by atoms with Crippen molar-refractivity contribution in [2.45, 2.75) is 56.8 Å². The van der Waals surface area contributed by atoms with E-state index < -0.39 is 35.3 Å². The van der Waals surface area contributed by atoms with Crippen LogP contribution in [0.15, 0.2) is 35.4 Å². The Morgan fingerprint density at radius 2 is 1.96 bits per heavy atom. The molecule has 1 heterocycles. The standard InChI is InChI=1S/C18H21F3N4O2/c19-18(20,21)14-8-5-4-6-12(14)13-7-2-1-3-9-15(13)23-16(26)10-25-11-22-24-17(25)27/h4-6,8,11,13,15H,1-3,7,9-10H2,(H,23,26)(H,24,27)/t13-,15+/m0/s1. The van der Waals surface area contributed by atoms with Gasteiger partial charge in [-0.05, 0) is 24.5 Å². The van der Waals surface area contributed by atoms with Crippen molar-refractivity contribution >= 4 is 5.91 Å². The number of halogens is 3. The van der Waals surface area contributed by atoms with E-state index in [2.05, 4.69) is 15.5 Å². The van der Waals surface area contributed by atoms with Gasteiger partial charge >= 0.3 is 11.9 Å². The van der Waals surface area contributed by atoms with Gasteiger partial charge in [-0.15, -0.1) is 0 Å². The lowest BCUT2D eigenvalue weighted by atomic mass is 9.84. The average Bonchev–Trinajstić information content (AvgIpc) is 2.88. The molecule has 27 heavy (non-hydrogen) atoms. The molecule has 146 valence electrons. The maximum absolute atomic E-state index is 13.5. The summed E-state index contributed by atoms with van der Waals surface area (Å²) in [6.07, 6.45) is 0.504. The molecule has 6 nitrogen and oxygen atoms in total. The van der Waals surface area contributed by atoms with Gasteiger partial charge in [-0.2, -0.15) is 18.3 Å². The third kappa shape index (κ3) is 4.58. The third-order valence-electron chi connectivity index (χ3n) is 4.96. The van der Waals surface area contributed by atoms with Crippen molar-refractivity contribution in [1.29, 1.82) is 0 Å². The van der Waals surface area contributed by atoms with E-state index in [4.69, 9.17) is 0 Å². The fourth-order valence-electron chi connectivity index (χ4n) is 3.72. The van der Waals surface area contributed by atoms with Crippen molar-refractivity contribution in [3.8, 4) is 0 Å². The lowest BCUT2D eigenvalue weighted by molar-refractivity contribution is -0.138. The first-order valence-electron chi connectivity index (χ1n) is 8.91. The highest BCUT2D eigenvalue weighted by Gasteiger charge is 2.37. The Morgan fingerprint density at radius 3 is 2.67 bits per heavy atom. The second-order valence-corrected chi connectivity index (χ2v) is 6.79. The summed E-state index contributed by atoms with van der Waals surface area (Å²) in [5.41, 5.74) is -0.940. The highest BCUT2D eigenvalue weighted by Crippen LogP contribution is 2.40. The van der Waals surface area contributed by atoms with Crippen molar-refractivity contribution in [3.05, 3.63) is 52.2 Å². The van der Waals surface area contributed by atoms with Crippen LogP contribution in [0.4, 0.5) is 13.2 Å². The van der Waals surface area contributed by atoms with Crippen LogP contribution >= 0.6 is 0 Å². The smallest absolute Gasteiger partial charge is 0.351 e. The Balaban J connectivity index is 1.83. The molecule has 1 aliphatic rings. The highest BCUT2D eigenvalue weighted by molar-refractivity contribution is 5.76. The molecule has 2 aromatic rings. The van der Waals surface area contributed by atoms with Crippen molar-refractivity contribution < 1.29 is 18.0 Å². The molecule has 2 atom stereocenters. The first kappa shape index (κ1) is 19.2. The fourth-order valence-corrected chi connectivity index (χ4v) is 3.72. The topological polar surface area (TPSA) is 79.8 Å². The Kier molecular flexibility index (Phi) is 5.67. The third-order valence-corrected chi connectivity index (χ3v) is 4.96. The summed E-state index contributed by atoms with van der Waals surface area (Å²) in [4.78, 5) is 23.8. The summed E-state index contributed by atoms with van der Waals surface area (Å²) in [5.74, 6) is -0.838. The van der Waals surface area contributed by atoms with Crippen LogP contribution < -0.4 is 11.0 Å². The normalized spacial score (nSPS) is 20.9. The van der Waals surface area contributed by atoms with Crippen LogP contribution in [0.5, 0.6) is 0 Å². The number of benzene rings is 1. The fraction of sp³-hybridized carbons (Fsp3) is 0.500. The number of carbonyl (C=O) groups excluding carboxylic acids is 1. The second kappa shape index (κ2) is 7.98. The summed E-state index contributed by atoms with van der Waals surface area (Å²) in [6.45, 7) is -0.223. The van der Waals surface area contributed by atoms with Gasteiger partial charge in [-0.1, -0.05) is 37.5 Å². The van der Waals surface area contributed by atoms with Gasteiger partial charge in [0.25, 0.3) is 0 Å². The summed E-state index contributed by atoms with van der Waals surface area (Å²) in [7, 11) is 0. The zero-order valence-electron chi connectivity index (χ0n) is 14.6. The summed E-state index contributed by atoms with van der Waals surface area (Å²) in [5, 5.41) is 8.60. The van der Waals surface area contributed by atoms with Crippen molar-refractivity contribution in [2.24, 2.45) is 0 Å². The van der Waals surface area contributed by atoms with E-state index in [1.54, 1.807) is 6.07 Å². The molecule has 2 N–H and O–H groups in total. The number of aromatic amines is 1. The highest BCUT2D eigenvalue weighted by atomic mass is 19.4. The maximum atomic E-state index is 13.5. The SMILES string of the molecule is O=C(Cn1cn[nH]c1=O)N[C@@H]1CCCCC[C@H]1c1ccccc1C(F)(F)F. The second-order valence-electron chi connectivity index (χ2n) is 6.79. The van der Waals surface area contributed by atoms with E-state index in [1.165, 1.54) is 18.5 Å². The molecule has 1 saturated carbocycles. The van der Waals surface area contributed by atoms with Crippen LogP contribution in [0.2, 0.25) is 0 Å². The van der Waals surface area contributed by atoms with Gasteiger partial charge in [0.05, 0.1) is 5.56 Å². The molecule has 0 radical (unpaired) electrons. The molecule has 1 aromatic heterocycles. The molecule has 0 saturated heterocycles. The van der Waals surface area contributed by atoms with E-state index in [0.717, 1.165) is 29.9 Å². The molecular formula is C18H21F3N4O2. The molecule has 1 aliphatic carbocycles. The average molecular weight is 382 g/mol. The van der Waals surface area contributed by atoms with Gasteiger partial charge in [0, 0.05) is 12.0 Å². The van der Waals surface area contributed by atoms with Crippen molar-refractivity contribution in [2.75, 3.05) is 0 Å². The zero-order chi connectivity index (χ0) is 19.4. The number of alkyl halides is 3.